The number of anilines is 1. The molecule has 0 aromatic heterocycles. The van der Waals surface area contributed by atoms with E-state index in [9.17, 15) is 9.59 Å². The van der Waals surface area contributed by atoms with Gasteiger partial charge in [0, 0.05) is 12.1 Å². The smallest absolute Gasteiger partial charge is 0.243 e. The van der Waals surface area contributed by atoms with Crippen LogP contribution in [0.2, 0.25) is 0 Å². The quantitative estimate of drug-likeness (QED) is 0.724. The molecule has 140 valence electrons. The third-order valence-electron chi connectivity index (χ3n) is 4.84. The lowest BCUT2D eigenvalue weighted by molar-refractivity contribution is -0.125. The van der Waals surface area contributed by atoms with Gasteiger partial charge < -0.3 is 16.0 Å². The Morgan fingerprint density at radius 3 is 2.52 bits per heavy atom. The van der Waals surface area contributed by atoms with Gasteiger partial charge in [0.15, 0.2) is 0 Å². The first-order chi connectivity index (χ1) is 11.5. The van der Waals surface area contributed by atoms with Gasteiger partial charge in [0.25, 0.3) is 0 Å². The molecule has 1 aliphatic heterocycles. The topological polar surface area (TPSA) is 70.2 Å². The number of carbonyl (C=O) groups excluding carboxylic acids is 2. The second-order valence-corrected chi connectivity index (χ2v) is 6.88. The Hall–Kier alpha value is -1.59. The zero-order chi connectivity index (χ0) is 17.5. The first-order valence-corrected chi connectivity index (χ1v) is 8.81. The zero-order valence-electron chi connectivity index (χ0n) is 15.4. The highest BCUT2D eigenvalue weighted by atomic mass is 35.5. The van der Waals surface area contributed by atoms with Crippen LogP contribution < -0.4 is 16.0 Å². The second-order valence-electron chi connectivity index (χ2n) is 6.88. The molecule has 0 aliphatic carbocycles. The van der Waals surface area contributed by atoms with Gasteiger partial charge in [0.05, 0.1) is 6.54 Å². The van der Waals surface area contributed by atoms with Crippen molar-refractivity contribution in [2.45, 2.75) is 40.0 Å². The van der Waals surface area contributed by atoms with Gasteiger partial charge in [-0.3, -0.25) is 9.59 Å². The van der Waals surface area contributed by atoms with E-state index in [1.807, 2.05) is 32.0 Å². The maximum atomic E-state index is 12.1. The summed E-state index contributed by atoms with van der Waals surface area (Å²) in [5.74, 6) is 0.643. The Morgan fingerprint density at radius 1 is 1.24 bits per heavy atom. The first kappa shape index (κ1) is 21.5. The summed E-state index contributed by atoms with van der Waals surface area (Å²) in [7, 11) is 0. The monoisotopic (exact) mass is 367 g/mol. The Labute approximate surface area is 156 Å². The van der Waals surface area contributed by atoms with Gasteiger partial charge in [-0.25, -0.2) is 0 Å². The van der Waals surface area contributed by atoms with Crippen LogP contribution in [0.1, 0.15) is 37.3 Å². The van der Waals surface area contributed by atoms with Crippen LogP contribution in [0.3, 0.4) is 0 Å². The van der Waals surface area contributed by atoms with Gasteiger partial charge in [0.1, 0.15) is 0 Å². The molecular formula is C19H30ClN3O2. The Kier molecular flexibility index (Phi) is 8.93. The van der Waals surface area contributed by atoms with Crippen molar-refractivity contribution in [1.29, 1.82) is 0 Å². The van der Waals surface area contributed by atoms with Crippen LogP contribution in [0.5, 0.6) is 0 Å². The number of halogens is 1. The van der Waals surface area contributed by atoms with E-state index in [1.54, 1.807) is 0 Å². The molecule has 1 fully saturated rings. The molecule has 3 N–H and O–H groups in total. The summed E-state index contributed by atoms with van der Waals surface area (Å²) in [4.78, 5) is 24.1. The molecule has 25 heavy (non-hydrogen) atoms. The van der Waals surface area contributed by atoms with E-state index in [4.69, 9.17) is 0 Å². The molecule has 1 aromatic carbocycles. The minimum Gasteiger partial charge on any atom is -0.347 e. The van der Waals surface area contributed by atoms with Crippen molar-refractivity contribution >= 4 is 29.9 Å². The van der Waals surface area contributed by atoms with Gasteiger partial charge in [-0.1, -0.05) is 25.1 Å². The molecule has 5 nitrogen and oxygen atoms in total. The van der Waals surface area contributed by atoms with E-state index in [0.717, 1.165) is 29.9 Å². The molecule has 2 amide bonds. The number of benzene rings is 1. The number of nitrogens with one attached hydrogen (secondary N) is 3. The number of aryl methyl sites for hydroxylation is 2. The molecule has 2 atom stereocenters. The molecule has 0 spiro atoms. The fourth-order valence-corrected chi connectivity index (χ4v) is 3.27. The van der Waals surface area contributed by atoms with E-state index in [1.165, 1.54) is 12.8 Å². The molecule has 0 bridgehead atoms. The summed E-state index contributed by atoms with van der Waals surface area (Å²) >= 11 is 0. The molecule has 6 heteroatoms. The SMILES string of the molecule is Cc1cccc(C)c1NC(=O)CNC(=O)CC(C)C1CCCNC1.Cl. The molecule has 0 saturated carbocycles. The lowest BCUT2D eigenvalue weighted by Gasteiger charge is -2.28. The fraction of sp³-hybridized carbons (Fsp3) is 0.579. The van der Waals surface area contributed by atoms with E-state index in [-0.39, 0.29) is 30.8 Å². The number of amides is 2. The molecular weight excluding hydrogens is 338 g/mol. The number of rotatable bonds is 6. The van der Waals surface area contributed by atoms with Crippen molar-refractivity contribution in [3.8, 4) is 0 Å². The van der Waals surface area contributed by atoms with Crippen LogP contribution in [0, 0.1) is 25.7 Å². The van der Waals surface area contributed by atoms with Gasteiger partial charge in [-0.15, -0.1) is 12.4 Å². The highest BCUT2D eigenvalue weighted by Gasteiger charge is 2.22. The highest BCUT2D eigenvalue weighted by Crippen LogP contribution is 2.22. The second kappa shape index (κ2) is 10.4. The molecule has 0 radical (unpaired) electrons. The average molecular weight is 368 g/mol. The maximum absolute atomic E-state index is 12.1. The summed E-state index contributed by atoms with van der Waals surface area (Å²) in [6.07, 6.45) is 2.83. The van der Waals surface area contributed by atoms with Crippen LogP contribution in [0.25, 0.3) is 0 Å². The van der Waals surface area contributed by atoms with E-state index < -0.39 is 0 Å². The Balaban J connectivity index is 0.00000312. The summed E-state index contributed by atoms with van der Waals surface area (Å²) in [5, 5.41) is 9.01. The zero-order valence-corrected chi connectivity index (χ0v) is 16.2. The van der Waals surface area contributed by atoms with Crippen LogP contribution in [0.15, 0.2) is 18.2 Å². The highest BCUT2D eigenvalue weighted by molar-refractivity contribution is 5.95. The normalized spacial score (nSPS) is 18.0. The number of hydrogen-bond donors (Lipinski definition) is 3. The van der Waals surface area contributed by atoms with Gasteiger partial charge in [-0.05, 0) is 62.7 Å². The van der Waals surface area contributed by atoms with Crippen molar-refractivity contribution in [2.75, 3.05) is 25.0 Å². The van der Waals surface area contributed by atoms with Crippen molar-refractivity contribution in [2.24, 2.45) is 11.8 Å². The standard InChI is InChI=1S/C19H29N3O2.ClH/c1-13-6-4-7-14(2)19(13)22-18(24)12-21-17(23)10-15(3)16-8-5-9-20-11-16;/h4,6-7,15-16,20H,5,8-12H2,1-3H3,(H,21,23)(H,22,24);1H. The van der Waals surface area contributed by atoms with Crippen LogP contribution >= 0.6 is 12.4 Å². The number of para-hydroxylation sites is 1. The molecule has 1 aliphatic rings. The number of piperidine rings is 1. The summed E-state index contributed by atoms with van der Waals surface area (Å²) in [6, 6.07) is 5.88. The van der Waals surface area contributed by atoms with Crippen molar-refractivity contribution < 1.29 is 9.59 Å². The average Bonchev–Trinajstić information content (AvgIpc) is 2.57. The van der Waals surface area contributed by atoms with Crippen molar-refractivity contribution in [1.82, 2.24) is 10.6 Å². The largest absolute Gasteiger partial charge is 0.347 e. The van der Waals surface area contributed by atoms with Gasteiger partial charge >= 0.3 is 0 Å². The number of carbonyl (C=O) groups is 2. The van der Waals surface area contributed by atoms with E-state index in [2.05, 4.69) is 22.9 Å². The summed E-state index contributed by atoms with van der Waals surface area (Å²) in [5.41, 5.74) is 2.87. The summed E-state index contributed by atoms with van der Waals surface area (Å²) < 4.78 is 0. The van der Waals surface area contributed by atoms with Crippen molar-refractivity contribution in [3.63, 3.8) is 0 Å². The predicted molar refractivity (Wildman–Crippen MR) is 104 cm³/mol. The molecule has 1 aromatic rings. The Morgan fingerprint density at radius 2 is 1.92 bits per heavy atom. The first-order valence-electron chi connectivity index (χ1n) is 8.81. The van der Waals surface area contributed by atoms with Crippen LogP contribution in [-0.4, -0.2) is 31.4 Å². The van der Waals surface area contributed by atoms with Crippen LogP contribution in [-0.2, 0) is 9.59 Å². The number of hydrogen-bond acceptors (Lipinski definition) is 3. The lowest BCUT2D eigenvalue weighted by atomic mass is 9.85. The van der Waals surface area contributed by atoms with E-state index in [0.29, 0.717) is 18.3 Å². The molecule has 2 rings (SSSR count). The predicted octanol–water partition coefficient (Wildman–Crippen LogP) is 2.81. The lowest BCUT2D eigenvalue weighted by Crippen LogP contribution is -2.37. The Bertz CT molecular complexity index is 566. The molecule has 2 unspecified atom stereocenters. The third-order valence-corrected chi connectivity index (χ3v) is 4.84. The maximum Gasteiger partial charge on any atom is 0.243 e. The minimum absolute atomic E-state index is 0. The summed E-state index contributed by atoms with van der Waals surface area (Å²) in [6.45, 7) is 8.12. The molecule has 1 heterocycles. The molecule has 1 saturated heterocycles. The van der Waals surface area contributed by atoms with Gasteiger partial charge in [0.2, 0.25) is 11.8 Å². The van der Waals surface area contributed by atoms with Gasteiger partial charge in [-0.2, -0.15) is 0 Å². The van der Waals surface area contributed by atoms with E-state index >= 15 is 0 Å². The van der Waals surface area contributed by atoms with Crippen LogP contribution in [0.4, 0.5) is 5.69 Å². The third kappa shape index (κ3) is 6.67. The van der Waals surface area contributed by atoms with Crippen molar-refractivity contribution in [3.05, 3.63) is 29.3 Å². The fourth-order valence-electron chi connectivity index (χ4n) is 3.27. The minimum atomic E-state index is -0.187.